The molecular weight excluding hydrogens is 652 g/mol. The monoisotopic (exact) mass is 712 g/mol. The Kier molecular flexibility index (Phi) is 12.0. The van der Waals surface area contributed by atoms with E-state index in [0.29, 0.717) is 24.3 Å². The molecule has 10 nitrogen and oxygen atoms in total. The van der Waals surface area contributed by atoms with Gasteiger partial charge in [0.25, 0.3) is 0 Å². The number of hydrogen-bond donors (Lipinski definition) is 2. The molecule has 0 aromatic heterocycles. The van der Waals surface area contributed by atoms with Gasteiger partial charge in [-0.1, -0.05) is 65.8 Å². The van der Waals surface area contributed by atoms with E-state index in [4.69, 9.17) is 28.4 Å². The second kappa shape index (κ2) is 15.0. The highest BCUT2D eigenvalue weighted by atomic mass is 16.7. The molecule has 51 heavy (non-hydrogen) atoms. The lowest BCUT2D eigenvalue weighted by Crippen LogP contribution is -2.59. The van der Waals surface area contributed by atoms with Crippen molar-refractivity contribution in [2.24, 2.45) is 5.41 Å². The van der Waals surface area contributed by atoms with Crippen molar-refractivity contribution in [3.8, 4) is 11.5 Å². The quantitative estimate of drug-likeness (QED) is 0.243. The third-order valence-electron chi connectivity index (χ3n) is 9.62. The molecule has 1 spiro atoms. The number of ether oxygens (including phenoxy) is 6. The second-order valence-corrected chi connectivity index (χ2v) is 17.7. The first-order valence-electron chi connectivity index (χ1n) is 18.0. The van der Waals surface area contributed by atoms with Crippen LogP contribution in [-0.4, -0.2) is 72.4 Å². The normalized spacial score (nSPS) is 21.8. The Bertz CT molecular complexity index is 1440. The average molecular weight is 713 g/mol. The van der Waals surface area contributed by atoms with E-state index < -0.39 is 29.2 Å². The van der Waals surface area contributed by atoms with Gasteiger partial charge in [-0.3, -0.25) is 9.59 Å². The van der Waals surface area contributed by atoms with Crippen LogP contribution in [0, 0.1) is 19.3 Å². The topological polar surface area (TPSA) is 130 Å². The summed E-state index contributed by atoms with van der Waals surface area (Å²) in [5.41, 5.74) is 2.08. The standard InChI is InChI=1S/C41H60O10/c1-25-17-27(19-29(33(25)44)37(3,4)5)13-15-31(42)50-39(9,10)35-46-21-41(22-47-35)23-48-36(49-24-41)40(11,12)51-32(43)16-14-28-18-26(2)34(45)30(20-28)38(6,7)8/h17-20,35-36,44-45H,13-16,21-24H2,1-12H3. The molecule has 2 saturated heterocycles. The smallest absolute Gasteiger partial charge is 0.306 e. The zero-order valence-electron chi connectivity index (χ0n) is 32.8. The van der Waals surface area contributed by atoms with E-state index in [2.05, 4.69) is 0 Å². The summed E-state index contributed by atoms with van der Waals surface area (Å²) in [4.78, 5) is 25.9. The molecule has 2 aromatic carbocycles. The Morgan fingerprint density at radius 3 is 1.24 bits per heavy atom. The first kappa shape index (κ1) is 40.6. The van der Waals surface area contributed by atoms with E-state index in [1.165, 1.54) is 0 Å². The van der Waals surface area contributed by atoms with Crippen LogP contribution in [0.2, 0.25) is 0 Å². The van der Waals surface area contributed by atoms with Crippen molar-refractivity contribution in [3.05, 3.63) is 57.6 Å². The summed E-state index contributed by atoms with van der Waals surface area (Å²) in [5, 5.41) is 21.1. The van der Waals surface area contributed by atoms with E-state index in [1.54, 1.807) is 27.7 Å². The molecule has 0 bridgehead atoms. The summed E-state index contributed by atoms with van der Waals surface area (Å²) in [6, 6.07) is 7.73. The lowest BCUT2D eigenvalue weighted by Gasteiger charge is -2.48. The van der Waals surface area contributed by atoms with Gasteiger partial charge < -0.3 is 38.6 Å². The van der Waals surface area contributed by atoms with Crippen molar-refractivity contribution >= 4 is 11.9 Å². The number of phenolic OH excluding ortho intramolecular Hbond substituents is 2. The van der Waals surface area contributed by atoms with Crippen LogP contribution < -0.4 is 0 Å². The van der Waals surface area contributed by atoms with Gasteiger partial charge in [-0.15, -0.1) is 0 Å². The highest BCUT2D eigenvalue weighted by Gasteiger charge is 2.49. The molecule has 0 aliphatic carbocycles. The molecule has 2 aromatic rings. The number of carbonyl (C=O) groups excluding carboxylic acids is 2. The van der Waals surface area contributed by atoms with Gasteiger partial charge in [0, 0.05) is 12.8 Å². The minimum Gasteiger partial charge on any atom is -0.507 e. The SMILES string of the molecule is Cc1cc(CCC(=O)OC(C)(C)C2OCC3(CO2)COC(C(C)(C)OC(=O)CCc2cc(C)c(O)c(C(C)(C)C)c2)OC3)cc(C(C)(C)C)c1O. The van der Waals surface area contributed by atoms with Gasteiger partial charge in [0.2, 0.25) is 0 Å². The van der Waals surface area contributed by atoms with Gasteiger partial charge in [0.05, 0.1) is 31.8 Å². The number of rotatable bonds is 10. The summed E-state index contributed by atoms with van der Waals surface area (Å²) in [5.74, 6) is -0.155. The lowest BCUT2D eigenvalue weighted by atomic mass is 9.83. The van der Waals surface area contributed by atoms with Crippen molar-refractivity contribution in [3.63, 3.8) is 0 Å². The number of hydrogen-bond acceptors (Lipinski definition) is 10. The molecule has 0 atom stereocenters. The fourth-order valence-corrected chi connectivity index (χ4v) is 6.58. The molecule has 4 rings (SSSR count). The maximum absolute atomic E-state index is 12.9. The minimum atomic E-state index is -1.04. The molecule has 0 amide bonds. The van der Waals surface area contributed by atoms with Crippen LogP contribution >= 0.6 is 0 Å². The van der Waals surface area contributed by atoms with Crippen molar-refractivity contribution < 1.29 is 48.2 Å². The van der Waals surface area contributed by atoms with E-state index in [9.17, 15) is 19.8 Å². The Balaban J connectivity index is 1.24. The molecule has 0 radical (unpaired) electrons. The number of carbonyl (C=O) groups is 2. The summed E-state index contributed by atoms with van der Waals surface area (Å²) < 4.78 is 36.1. The minimum absolute atomic E-state index is 0.173. The average Bonchev–Trinajstić information content (AvgIpc) is 3.01. The number of aryl methyl sites for hydroxylation is 4. The second-order valence-electron chi connectivity index (χ2n) is 17.7. The molecule has 2 fully saturated rings. The molecule has 0 unspecified atom stereocenters. The molecule has 2 aliphatic rings. The van der Waals surface area contributed by atoms with E-state index >= 15 is 0 Å². The molecule has 10 heteroatoms. The first-order valence-corrected chi connectivity index (χ1v) is 18.0. The number of phenols is 2. The first-order chi connectivity index (χ1) is 23.4. The Morgan fingerprint density at radius 2 is 0.941 bits per heavy atom. The molecule has 0 saturated carbocycles. The van der Waals surface area contributed by atoms with Gasteiger partial charge in [-0.05, 0) is 98.6 Å². The van der Waals surface area contributed by atoms with Crippen molar-refractivity contribution in [1.29, 1.82) is 0 Å². The van der Waals surface area contributed by atoms with Gasteiger partial charge in [0.15, 0.2) is 23.8 Å². The van der Waals surface area contributed by atoms with Crippen LogP contribution in [0.3, 0.4) is 0 Å². The largest absolute Gasteiger partial charge is 0.507 e. The fraction of sp³-hybridized carbons (Fsp3) is 0.659. The Morgan fingerprint density at radius 1 is 0.627 bits per heavy atom. The summed E-state index contributed by atoms with van der Waals surface area (Å²) in [6.45, 7) is 24.2. The van der Waals surface area contributed by atoms with Crippen molar-refractivity contribution in [1.82, 2.24) is 0 Å². The third-order valence-corrected chi connectivity index (χ3v) is 9.62. The summed E-state index contributed by atoms with van der Waals surface area (Å²) >= 11 is 0. The fourth-order valence-electron chi connectivity index (χ4n) is 6.58. The molecule has 2 aliphatic heterocycles. The van der Waals surface area contributed by atoms with Crippen LogP contribution in [0.15, 0.2) is 24.3 Å². The van der Waals surface area contributed by atoms with Crippen LogP contribution in [0.1, 0.15) is 115 Å². The van der Waals surface area contributed by atoms with Crippen LogP contribution in [0.5, 0.6) is 11.5 Å². The zero-order valence-corrected chi connectivity index (χ0v) is 32.8. The predicted octanol–water partition coefficient (Wildman–Crippen LogP) is 7.25. The van der Waals surface area contributed by atoms with Gasteiger partial charge in [-0.25, -0.2) is 0 Å². The lowest BCUT2D eigenvalue weighted by molar-refractivity contribution is -0.345. The highest BCUT2D eigenvalue weighted by Crippen LogP contribution is 2.38. The zero-order chi connectivity index (χ0) is 38.2. The summed E-state index contributed by atoms with van der Waals surface area (Å²) in [6.07, 6.45) is -0.249. The van der Waals surface area contributed by atoms with Crippen LogP contribution in [0.4, 0.5) is 0 Å². The molecule has 284 valence electrons. The molecular formula is C41H60O10. The van der Waals surface area contributed by atoms with E-state index in [1.807, 2.05) is 79.7 Å². The van der Waals surface area contributed by atoms with Crippen molar-refractivity contribution in [2.45, 2.75) is 143 Å². The number of benzene rings is 2. The molecule has 2 N–H and O–H groups in total. The predicted molar refractivity (Wildman–Crippen MR) is 194 cm³/mol. The summed E-state index contributed by atoms with van der Waals surface area (Å²) in [7, 11) is 0. The highest BCUT2D eigenvalue weighted by molar-refractivity contribution is 5.71. The Hall–Kier alpha value is -3.18. The Labute approximate surface area is 304 Å². The van der Waals surface area contributed by atoms with E-state index in [0.717, 1.165) is 33.4 Å². The van der Waals surface area contributed by atoms with Gasteiger partial charge in [-0.2, -0.15) is 0 Å². The van der Waals surface area contributed by atoms with Crippen molar-refractivity contribution in [2.75, 3.05) is 26.4 Å². The van der Waals surface area contributed by atoms with Gasteiger partial charge >= 0.3 is 11.9 Å². The van der Waals surface area contributed by atoms with Crippen LogP contribution in [0.25, 0.3) is 0 Å². The maximum Gasteiger partial charge on any atom is 0.306 e. The maximum atomic E-state index is 12.9. The van der Waals surface area contributed by atoms with Crippen LogP contribution in [-0.2, 0) is 61.7 Å². The molecule has 2 heterocycles. The number of aromatic hydroxyl groups is 2. The number of esters is 2. The van der Waals surface area contributed by atoms with Gasteiger partial charge in [0.1, 0.15) is 11.5 Å². The van der Waals surface area contributed by atoms with E-state index in [-0.39, 0.29) is 62.0 Å². The third kappa shape index (κ3) is 10.0.